The van der Waals surface area contributed by atoms with Crippen molar-refractivity contribution in [2.24, 2.45) is 5.84 Å². The van der Waals surface area contributed by atoms with Crippen LogP contribution in [0, 0.1) is 0 Å². The van der Waals surface area contributed by atoms with Crippen LogP contribution < -0.4 is 16.6 Å². The normalized spacial score (nSPS) is 11.3. The second-order valence-electron chi connectivity index (χ2n) is 4.51. The van der Waals surface area contributed by atoms with E-state index in [1.165, 1.54) is 0 Å². The lowest BCUT2D eigenvalue weighted by Crippen LogP contribution is -2.27. The zero-order valence-electron chi connectivity index (χ0n) is 10.2. The number of ether oxygens (including phenoxy) is 1. The zero-order valence-corrected chi connectivity index (χ0v) is 10.2. The molecule has 0 spiro atoms. The van der Waals surface area contributed by atoms with Crippen LogP contribution >= 0.6 is 0 Å². The molecule has 0 radical (unpaired) electrons. The highest BCUT2D eigenvalue weighted by Gasteiger charge is 2.12. The molecule has 0 saturated carbocycles. The molecule has 4 N–H and O–H groups in total. The summed E-state index contributed by atoms with van der Waals surface area (Å²) in [5, 5.41) is 3.25. The number of hydrogen-bond acceptors (Lipinski definition) is 6. The minimum absolute atomic E-state index is 0.0649. The lowest BCUT2D eigenvalue weighted by atomic mass is 10.1. The van der Waals surface area contributed by atoms with E-state index in [0.29, 0.717) is 18.2 Å². The van der Waals surface area contributed by atoms with E-state index in [0.717, 1.165) is 5.82 Å². The number of nitrogens with zero attached hydrogens (tertiary/aromatic N) is 2. The van der Waals surface area contributed by atoms with Crippen LogP contribution in [0.2, 0.25) is 0 Å². The third-order valence-electron chi connectivity index (χ3n) is 1.70. The molecular formula is C10H19N5O. The van der Waals surface area contributed by atoms with E-state index >= 15 is 0 Å². The molecule has 0 aliphatic rings. The zero-order chi connectivity index (χ0) is 12.2. The Labute approximate surface area is 95.6 Å². The summed E-state index contributed by atoms with van der Waals surface area (Å²) in [6.45, 7) is 6.52. The lowest BCUT2D eigenvalue weighted by molar-refractivity contribution is 0.178. The molecule has 0 atom stereocenters. The van der Waals surface area contributed by atoms with Gasteiger partial charge in [0, 0.05) is 18.7 Å². The number of nitrogen functional groups attached to an aromatic ring is 1. The smallest absolute Gasteiger partial charge is 0.158 e. The number of nitrogens with two attached hydrogens (primary N) is 1. The van der Waals surface area contributed by atoms with Gasteiger partial charge in [-0.25, -0.2) is 15.8 Å². The fraction of sp³-hybridized carbons (Fsp3) is 0.600. The summed E-state index contributed by atoms with van der Waals surface area (Å²) in [6, 6.07) is 1.75. The average molecular weight is 225 g/mol. The molecule has 0 aliphatic carbocycles. The van der Waals surface area contributed by atoms with E-state index in [-0.39, 0.29) is 5.54 Å². The summed E-state index contributed by atoms with van der Waals surface area (Å²) in [5.74, 6) is 7.21. The molecule has 0 unspecified atom stereocenters. The Hall–Kier alpha value is -1.40. The van der Waals surface area contributed by atoms with Gasteiger partial charge in [-0.15, -0.1) is 0 Å². The van der Waals surface area contributed by atoms with E-state index in [9.17, 15) is 0 Å². The maximum atomic E-state index is 5.34. The van der Waals surface area contributed by atoms with Gasteiger partial charge in [-0.3, -0.25) is 0 Å². The summed E-state index contributed by atoms with van der Waals surface area (Å²) in [5.41, 5.74) is 2.44. The number of methoxy groups -OCH3 is 1. The molecule has 16 heavy (non-hydrogen) atoms. The molecule has 0 aromatic carbocycles. The van der Waals surface area contributed by atoms with Crippen molar-refractivity contribution < 1.29 is 4.74 Å². The summed E-state index contributed by atoms with van der Waals surface area (Å²) < 4.78 is 4.99. The Bertz CT molecular complexity index is 348. The van der Waals surface area contributed by atoms with Crippen molar-refractivity contribution in [2.45, 2.75) is 32.9 Å². The van der Waals surface area contributed by atoms with Crippen molar-refractivity contribution in [3.63, 3.8) is 0 Å². The number of hydrazine groups is 1. The van der Waals surface area contributed by atoms with Gasteiger partial charge in [0.25, 0.3) is 0 Å². The van der Waals surface area contributed by atoms with E-state index in [1.807, 2.05) is 0 Å². The molecule has 90 valence electrons. The molecular weight excluding hydrogens is 206 g/mol. The second kappa shape index (κ2) is 5.09. The van der Waals surface area contributed by atoms with Crippen molar-refractivity contribution in [2.75, 3.05) is 17.9 Å². The Kier molecular flexibility index (Phi) is 4.03. The van der Waals surface area contributed by atoms with Gasteiger partial charge in [-0.2, -0.15) is 0 Å². The van der Waals surface area contributed by atoms with Crippen molar-refractivity contribution in [1.82, 2.24) is 9.97 Å². The first-order chi connectivity index (χ1) is 7.44. The number of aromatic nitrogens is 2. The maximum absolute atomic E-state index is 5.34. The van der Waals surface area contributed by atoms with Crippen LogP contribution in [0.15, 0.2) is 6.07 Å². The monoisotopic (exact) mass is 225 g/mol. The highest BCUT2D eigenvalue weighted by molar-refractivity contribution is 5.47. The highest BCUT2D eigenvalue weighted by Crippen LogP contribution is 2.15. The fourth-order valence-electron chi connectivity index (χ4n) is 1.21. The van der Waals surface area contributed by atoms with Gasteiger partial charge >= 0.3 is 0 Å². The van der Waals surface area contributed by atoms with Crippen molar-refractivity contribution in [1.29, 1.82) is 0 Å². The fourth-order valence-corrected chi connectivity index (χ4v) is 1.21. The average Bonchev–Trinajstić information content (AvgIpc) is 2.15. The predicted octanol–water partition coefficient (Wildman–Crippen LogP) is 1.12. The molecule has 0 saturated heterocycles. The Balaban J connectivity index is 2.95. The van der Waals surface area contributed by atoms with Gasteiger partial charge in [0.2, 0.25) is 0 Å². The van der Waals surface area contributed by atoms with Crippen molar-refractivity contribution in [3.8, 4) is 0 Å². The topological polar surface area (TPSA) is 85.1 Å². The number of hydrogen-bond donors (Lipinski definition) is 3. The minimum atomic E-state index is -0.0649. The van der Waals surface area contributed by atoms with Gasteiger partial charge in [0.1, 0.15) is 18.2 Å². The maximum Gasteiger partial charge on any atom is 0.158 e. The molecule has 1 heterocycles. The van der Waals surface area contributed by atoms with E-state index < -0.39 is 0 Å². The molecule has 0 fully saturated rings. The molecule has 0 aliphatic heterocycles. The van der Waals surface area contributed by atoms with Crippen LogP contribution in [-0.2, 0) is 11.3 Å². The quantitative estimate of drug-likeness (QED) is 0.526. The summed E-state index contributed by atoms with van der Waals surface area (Å²) in [4.78, 5) is 8.47. The predicted molar refractivity (Wildman–Crippen MR) is 63.9 cm³/mol. The van der Waals surface area contributed by atoms with E-state index in [2.05, 4.69) is 41.5 Å². The minimum Gasteiger partial charge on any atom is -0.377 e. The summed E-state index contributed by atoms with van der Waals surface area (Å²) >= 11 is 0. The third-order valence-corrected chi connectivity index (χ3v) is 1.70. The molecule has 1 rings (SSSR count). The van der Waals surface area contributed by atoms with Crippen LogP contribution in [0.3, 0.4) is 0 Å². The van der Waals surface area contributed by atoms with Gasteiger partial charge in [-0.05, 0) is 20.8 Å². The van der Waals surface area contributed by atoms with E-state index in [4.69, 9.17) is 10.6 Å². The van der Waals surface area contributed by atoms with Crippen LogP contribution in [0.25, 0.3) is 0 Å². The largest absolute Gasteiger partial charge is 0.377 e. The van der Waals surface area contributed by atoms with Crippen molar-refractivity contribution in [3.05, 3.63) is 11.9 Å². The van der Waals surface area contributed by atoms with Gasteiger partial charge in [-0.1, -0.05) is 0 Å². The second-order valence-corrected chi connectivity index (χ2v) is 4.51. The molecule has 0 amide bonds. The Morgan fingerprint density at radius 3 is 2.44 bits per heavy atom. The van der Waals surface area contributed by atoms with Crippen LogP contribution in [0.4, 0.5) is 11.6 Å². The standard InChI is InChI=1S/C10H19N5O/c1-10(2,3)14-7-5-8(15-11)13-9(12-7)6-16-4/h5H,6,11H2,1-4H3,(H2,12,13,14,15). The van der Waals surface area contributed by atoms with Gasteiger partial charge in [0.05, 0.1) is 0 Å². The van der Waals surface area contributed by atoms with Crippen LogP contribution in [0.1, 0.15) is 26.6 Å². The molecule has 0 bridgehead atoms. The highest BCUT2D eigenvalue weighted by atomic mass is 16.5. The first-order valence-corrected chi connectivity index (χ1v) is 5.06. The molecule has 1 aromatic heterocycles. The van der Waals surface area contributed by atoms with Crippen molar-refractivity contribution >= 4 is 11.6 Å². The lowest BCUT2D eigenvalue weighted by Gasteiger charge is -2.21. The van der Waals surface area contributed by atoms with Crippen LogP contribution in [0.5, 0.6) is 0 Å². The van der Waals surface area contributed by atoms with E-state index in [1.54, 1.807) is 13.2 Å². The molecule has 1 aromatic rings. The molecule has 6 nitrogen and oxygen atoms in total. The summed E-state index contributed by atoms with van der Waals surface area (Å²) in [6.07, 6.45) is 0. The van der Waals surface area contributed by atoms with Crippen LogP contribution in [-0.4, -0.2) is 22.6 Å². The number of rotatable bonds is 4. The first kappa shape index (κ1) is 12.7. The molecule has 6 heteroatoms. The summed E-state index contributed by atoms with van der Waals surface area (Å²) in [7, 11) is 1.60. The SMILES string of the molecule is COCc1nc(NN)cc(NC(C)(C)C)n1. The van der Waals surface area contributed by atoms with Gasteiger partial charge in [0.15, 0.2) is 5.82 Å². The van der Waals surface area contributed by atoms with Gasteiger partial charge < -0.3 is 15.5 Å². The Morgan fingerprint density at radius 2 is 1.94 bits per heavy atom. The third kappa shape index (κ3) is 4.00. The number of nitrogens with one attached hydrogen (secondary N) is 2. The number of anilines is 2. The Morgan fingerprint density at radius 1 is 1.31 bits per heavy atom. The first-order valence-electron chi connectivity index (χ1n) is 5.06.